The van der Waals surface area contributed by atoms with Gasteiger partial charge in [-0.15, -0.1) is 0 Å². The van der Waals surface area contributed by atoms with Crippen molar-refractivity contribution in [2.45, 2.75) is 18.9 Å². The summed E-state index contributed by atoms with van der Waals surface area (Å²) < 4.78 is 32.5. The molecular weight excluding hydrogens is 214 g/mol. The molecule has 3 nitrogen and oxygen atoms in total. The molecule has 0 spiro atoms. The zero-order chi connectivity index (χ0) is 11.2. The van der Waals surface area contributed by atoms with E-state index < -0.39 is 11.8 Å². The Kier molecular flexibility index (Phi) is 1.89. The molecule has 2 heterocycles. The molecule has 3 rings (SSSR count). The normalized spacial score (nSPS) is 22.2. The van der Waals surface area contributed by atoms with Crippen LogP contribution in [0.3, 0.4) is 0 Å². The van der Waals surface area contributed by atoms with Gasteiger partial charge in [0.1, 0.15) is 0 Å². The summed E-state index contributed by atoms with van der Waals surface area (Å²) in [6.45, 7) is 0.295. The van der Waals surface area contributed by atoms with Crippen LogP contribution in [0.15, 0.2) is 35.2 Å². The summed E-state index contributed by atoms with van der Waals surface area (Å²) in [6.07, 6.45) is 4.81. The molecule has 1 aliphatic carbocycles. The maximum absolute atomic E-state index is 12.8. The monoisotopic (exact) mass is 224 g/mol. The molecule has 1 unspecified atom stereocenters. The van der Waals surface area contributed by atoms with Gasteiger partial charge in [0.25, 0.3) is 5.92 Å². The third-order valence-corrected chi connectivity index (χ3v) is 2.83. The maximum Gasteiger partial charge on any atom is 0.253 e. The summed E-state index contributed by atoms with van der Waals surface area (Å²) in [5.74, 6) is -1.85. The minimum atomic E-state index is -2.50. The maximum atomic E-state index is 12.8. The third kappa shape index (κ3) is 1.52. The molecule has 2 aromatic rings. The second kappa shape index (κ2) is 3.17. The Balaban J connectivity index is 1.84. The van der Waals surface area contributed by atoms with Gasteiger partial charge in [-0.25, -0.2) is 13.8 Å². The van der Waals surface area contributed by atoms with Crippen LogP contribution in [0.2, 0.25) is 0 Å². The van der Waals surface area contributed by atoms with Crippen LogP contribution in [0.25, 0.3) is 11.6 Å². The third-order valence-electron chi connectivity index (χ3n) is 2.83. The Hall–Kier alpha value is -1.65. The minimum Gasteiger partial charge on any atom is -0.461 e. The van der Waals surface area contributed by atoms with Gasteiger partial charge in [0, 0.05) is 31.3 Å². The molecule has 0 N–H and O–H groups in total. The van der Waals surface area contributed by atoms with Crippen LogP contribution in [-0.2, 0) is 6.54 Å². The number of furan rings is 1. The lowest BCUT2D eigenvalue weighted by Gasteiger charge is -2.04. The van der Waals surface area contributed by atoms with Crippen molar-refractivity contribution in [3.63, 3.8) is 0 Å². The number of aromatic nitrogens is 2. The van der Waals surface area contributed by atoms with Crippen molar-refractivity contribution in [3.8, 4) is 11.6 Å². The van der Waals surface area contributed by atoms with Crippen LogP contribution in [0, 0.1) is 5.92 Å². The van der Waals surface area contributed by atoms with Crippen LogP contribution in [-0.4, -0.2) is 15.5 Å². The van der Waals surface area contributed by atoms with Crippen molar-refractivity contribution in [3.05, 3.63) is 30.8 Å². The number of hydrogen-bond acceptors (Lipinski definition) is 2. The quantitative estimate of drug-likeness (QED) is 0.802. The van der Waals surface area contributed by atoms with Crippen molar-refractivity contribution in [1.29, 1.82) is 0 Å². The molecule has 1 atom stereocenters. The molecule has 0 saturated heterocycles. The van der Waals surface area contributed by atoms with Crippen LogP contribution in [0.4, 0.5) is 8.78 Å². The highest BCUT2D eigenvalue weighted by atomic mass is 19.3. The fraction of sp³-hybridized carbons (Fsp3) is 0.364. The Bertz CT molecular complexity index is 490. The molecule has 0 bridgehead atoms. The van der Waals surface area contributed by atoms with E-state index >= 15 is 0 Å². The predicted octanol–water partition coefficient (Wildman–Crippen LogP) is 2.80. The highest BCUT2D eigenvalue weighted by molar-refractivity contribution is 5.46. The Morgan fingerprint density at radius 2 is 2.38 bits per heavy atom. The van der Waals surface area contributed by atoms with Gasteiger partial charge in [-0.1, -0.05) is 0 Å². The minimum absolute atomic E-state index is 0.0250. The summed E-state index contributed by atoms with van der Waals surface area (Å²) in [5.41, 5.74) is 0. The van der Waals surface area contributed by atoms with Crippen molar-refractivity contribution >= 4 is 0 Å². The van der Waals surface area contributed by atoms with Crippen LogP contribution in [0.5, 0.6) is 0 Å². The fourth-order valence-electron chi connectivity index (χ4n) is 1.79. The topological polar surface area (TPSA) is 31.0 Å². The van der Waals surface area contributed by atoms with Crippen LogP contribution < -0.4 is 0 Å². The van der Waals surface area contributed by atoms with E-state index in [2.05, 4.69) is 4.98 Å². The highest BCUT2D eigenvalue weighted by Gasteiger charge is 2.56. The lowest BCUT2D eigenvalue weighted by Crippen LogP contribution is -2.05. The lowest BCUT2D eigenvalue weighted by molar-refractivity contribution is 0.0952. The Morgan fingerprint density at radius 3 is 3.00 bits per heavy atom. The average Bonchev–Trinajstić information content (AvgIpc) is 2.66. The average molecular weight is 224 g/mol. The largest absolute Gasteiger partial charge is 0.461 e. The Morgan fingerprint density at radius 1 is 1.56 bits per heavy atom. The summed E-state index contributed by atoms with van der Waals surface area (Å²) in [4.78, 5) is 4.11. The number of alkyl halides is 2. The zero-order valence-electron chi connectivity index (χ0n) is 8.44. The molecule has 1 fully saturated rings. The number of imidazole rings is 1. The first-order valence-electron chi connectivity index (χ1n) is 5.10. The van der Waals surface area contributed by atoms with Gasteiger partial charge >= 0.3 is 0 Å². The summed E-state index contributed by atoms with van der Waals surface area (Å²) in [5, 5.41) is 0. The molecular formula is C11H10F2N2O. The van der Waals surface area contributed by atoms with Crippen LogP contribution >= 0.6 is 0 Å². The number of rotatable bonds is 3. The van der Waals surface area contributed by atoms with Gasteiger partial charge in [-0.3, -0.25) is 0 Å². The van der Waals surface area contributed by atoms with Gasteiger partial charge in [0.15, 0.2) is 11.6 Å². The SMILES string of the molecule is FC1(F)CC1Cn1ccnc1-c1ccco1. The van der Waals surface area contributed by atoms with E-state index in [1.54, 1.807) is 35.4 Å². The van der Waals surface area contributed by atoms with Crippen molar-refractivity contribution in [2.24, 2.45) is 5.92 Å². The molecule has 5 heteroatoms. The molecule has 1 aliphatic rings. The summed E-state index contributed by atoms with van der Waals surface area (Å²) in [6, 6.07) is 3.52. The molecule has 16 heavy (non-hydrogen) atoms. The van der Waals surface area contributed by atoms with Gasteiger partial charge in [0.2, 0.25) is 0 Å². The lowest BCUT2D eigenvalue weighted by atomic mass is 10.3. The summed E-state index contributed by atoms with van der Waals surface area (Å²) >= 11 is 0. The molecule has 2 aromatic heterocycles. The highest BCUT2D eigenvalue weighted by Crippen LogP contribution is 2.49. The molecule has 0 aromatic carbocycles. The van der Waals surface area contributed by atoms with Crippen molar-refractivity contribution < 1.29 is 13.2 Å². The van der Waals surface area contributed by atoms with E-state index in [9.17, 15) is 8.78 Å². The second-order valence-corrected chi connectivity index (χ2v) is 4.04. The number of nitrogens with zero attached hydrogens (tertiary/aromatic N) is 2. The van der Waals surface area contributed by atoms with E-state index in [0.29, 0.717) is 18.1 Å². The van der Waals surface area contributed by atoms with Crippen molar-refractivity contribution in [1.82, 2.24) is 9.55 Å². The van der Waals surface area contributed by atoms with Crippen molar-refractivity contribution in [2.75, 3.05) is 0 Å². The fourth-order valence-corrected chi connectivity index (χ4v) is 1.79. The molecule has 0 aliphatic heterocycles. The van der Waals surface area contributed by atoms with E-state index in [4.69, 9.17) is 4.42 Å². The number of halogens is 2. The predicted molar refractivity (Wildman–Crippen MR) is 53.0 cm³/mol. The van der Waals surface area contributed by atoms with E-state index in [1.165, 1.54) is 0 Å². The zero-order valence-corrected chi connectivity index (χ0v) is 8.44. The van der Waals surface area contributed by atoms with Gasteiger partial charge in [0.05, 0.1) is 6.26 Å². The first-order chi connectivity index (χ1) is 7.67. The number of hydrogen-bond donors (Lipinski definition) is 0. The van der Waals surface area contributed by atoms with Crippen LogP contribution in [0.1, 0.15) is 6.42 Å². The van der Waals surface area contributed by atoms with E-state index in [1.807, 2.05) is 0 Å². The second-order valence-electron chi connectivity index (χ2n) is 4.04. The smallest absolute Gasteiger partial charge is 0.253 e. The van der Waals surface area contributed by atoms with Gasteiger partial charge < -0.3 is 8.98 Å². The molecule has 0 amide bonds. The van der Waals surface area contributed by atoms with E-state index in [0.717, 1.165) is 0 Å². The first-order valence-corrected chi connectivity index (χ1v) is 5.10. The molecule has 84 valence electrons. The van der Waals surface area contributed by atoms with Gasteiger partial charge in [-0.2, -0.15) is 0 Å². The molecule has 1 saturated carbocycles. The summed E-state index contributed by atoms with van der Waals surface area (Å²) in [7, 11) is 0. The first kappa shape index (κ1) is 9.57. The van der Waals surface area contributed by atoms with Gasteiger partial charge in [-0.05, 0) is 12.1 Å². The Labute approximate surface area is 90.7 Å². The van der Waals surface area contributed by atoms with E-state index in [-0.39, 0.29) is 6.42 Å². The standard InChI is InChI=1S/C11H10F2N2O/c12-11(13)6-8(11)7-15-4-3-14-10(15)9-2-1-5-16-9/h1-5,8H,6-7H2. The molecule has 0 radical (unpaired) electrons.